The number of rotatable bonds is 5. The van der Waals surface area contributed by atoms with Crippen LogP contribution < -0.4 is 4.57 Å². The van der Waals surface area contributed by atoms with E-state index in [-0.39, 0.29) is 29.9 Å². The molecule has 0 aliphatic heterocycles. The number of fused-ring (bicyclic) bond motifs is 2. The number of ether oxygens (including phenoxy) is 1. The van der Waals surface area contributed by atoms with Gasteiger partial charge in [0.2, 0.25) is 11.2 Å². The Hall–Kier alpha value is -3.22. The van der Waals surface area contributed by atoms with Crippen LogP contribution in [0.5, 0.6) is 0 Å². The van der Waals surface area contributed by atoms with Crippen LogP contribution in [-0.2, 0) is 23.0 Å². The number of carbonyl (C=O) groups is 1. The number of hydrogen-bond acceptors (Lipinski definition) is 2. The van der Waals surface area contributed by atoms with Gasteiger partial charge in [0.05, 0.1) is 18.0 Å². The van der Waals surface area contributed by atoms with E-state index in [0.29, 0.717) is 28.4 Å². The molecule has 1 N–H and O–H groups in total. The van der Waals surface area contributed by atoms with Crippen molar-refractivity contribution in [1.29, 1.82) is 0 Å². The highest BCUT2D eigenvalue weighted by Crippen LogP contribution is 2.34. The fraction of sp³-hybridized carbons (Fsp3) is 0.333. The summed E-state index contributed by atoms with van der Waals surface area (Å²) in [5.74, 6) is -0.948. The lowest BCUT2D eigenvalue weighted by molar-refractivity contribution is -0.575. The first-order valence-corrected chi connectivity index (χ1v) is 10.3. The molecule has 0 fully saturated rings. The molecular weight excluding hydrogens is 400 g/mol. The fourth-order valence-electron chi connectivity index (χ4n) is 4.38. The summed E-state index contributed by atoms with van der Waals surface area (Å²) in [4.78, 5) is 11.9. The Morgan fingerprint density at radius 1 is 1.26 bits per heavy atom. The highest BCUT2D eigenvalue weighted by atomic mass is 19.1. The lowest BCUT2D eigenvalue weighted by Gasteiger charge is -2.07. The van der Waals surface area contributed by atoms with Gasteiger partial charge in [-0.1, -0.05) is 13.8 Å². The van der Waals surface area contributed by atoms with Crippen molar-refractivity contribution < 1.29 is 22.9 Å². The maximum absolute atomic E-state index is 15.8. The molecule has 2 heterocycles. The SMILES string of the molecule is COC(=O)CCc1c(C(C)C)[n+](-c2ccc(F)c(C)c2)c2cc3cn(C)[nH]c3c(F)c12. The highest BCUT2D eigenvalue weighted by molar-refractivity contribution is 5.96. The number of nitrogens with zero attached hydrogens (tertiary/aromatic N) is 2. The van der Waals surface area contributed by atoms with E-state index in [1.165, 1.54) is 13.2 Å². The van der Waals surface area contributed by atoms with Crippen LogP contribution in [0, 0.1) is 18.6 Å². The minimum absolute atomic E-state index is 0.0410. The monoisotopic (exact) mass is 426 g/mol. The van der Waals surface area contributed by atoms with Crippen LogP contribution >= 0.6 is 0 Å². The number of nitrogens with one attached hydrogen (secondary N) is 1. The van der Waals surface area contributed by atoms with Gasteiger partial charge >= 0.3 is 5.97 Å². The van der Waals surface area contributed by atoms with Gasteiger partial charge in [0, 0.05) is 54.7 Å². The van der Waals surface area contributed by atoms with Gasteiger partial charge in [-0.3, -0.25) is 14.6 Å². The molecule has 31 heavy (non-hydrogen) atoms. The zero-order valence-corrected chi connectivity index (χ0v) is 18.3. The van der Waals surface area contributed by atoms with Crippen molar-refractivity contribution >= 4 is 27.8 Å². The van der Waals surface area contributed by atoms with Gasteiger partial charge in [-0.15, -0.1) is 0 Å². The van der Waals surface area contributed by atoms with Crippen LogP contribution in [0.25, 0.3) is 27.5 Å². The largest absolute Gasteiger partial charge is 0.469 e. The lowest BCUT2D eigenvalue weighted by atomic mass is 9.98. The van der Waals surface area contributed by atoms with Crippen molar-refractivity contribution in [3.05, 3.63) is 58.9 Å². The summed E-state index contributed by atoms with van der Waals surface area (Å²) in [6.45, 7) is 5.78. The van der Waals surface area contributed by atoms with Crippen LogP contribution in [0.1, 0.15) is 43.0 Å². The van der Waals surface area contributed by atoms with Gasteiger partial charge in [-0.05, 0) is 25.0 Å². The number of esters is 1. The third-order valence-electron chi connectivity index (χ3n) is 5.74. The molecule has 2 aromatic carbocycles. The summed E-state index contributed by atoms with van der Waals surface area (Å²) < 4.78 is 38.3. The second-order valence-corrected chi connectivity index (χ2v) is 8.26. The summed E-state index contributed by atoms with van der Waals surface area (Å²) in [5, 5.41) is 4.24. The zero-order valence-electron chi connectivity index (χ0n) is 18.3. The number of halogens is 2. The quantitative estimate of drug-likeness (QED) is 0.370. The number of aromatic amines is 1. The average molecular weight is 426 g/mol. The molecule has 0 atom stereocenters. The van der Waals surface area contributed by atoms with Crippen molar-refractivity contribution in [3.63, 3.8) is 0 Å². The van der Waals surface area contributed by atoms with Crippen molar-refractivity contribution in [1.82, 2.24) is 9.78 Å². The molecule has 5 nitrogen and oxygen atoms in total. The summed E-state index contributed by atoms with van der Waals surface area (Å²) in [6, 6.07) is 6.84. The average Bonchev–Trinajstić information content (AvgIpc) is 3.26. The van der Waals surface area contributed by atoms with Crippen molar-refractivity contribution in [2.24, 2.45) is 7.05 Å². The van der Waals surface area contributed by atoms with Crippen LogP contribution in [0.2, 0.25) is 0 Å². The Labute approximate surface area is 179 Å². The molecular formula is C24H26F2N3O2+. The van der Waals surface area contributed by atoms with Gasteiger partial charge < -0.3 is 4.74 Å². The third-order valence-corrected chi connectivity index (χ3v) is 5.74. The molecule has 0 saturated carbocycles. The van der Waals surface area contributed by atoms with E-state index in [0.717, 1.165) is 22.3 Å². The molecule has 0 unspecified atom stereocenters. The van der Waals surface area contributed by atoms with Crippen molar-refractivity contribution in [3.8, 4) is 5.69 Å². The smallest absolute Gasteiger partial charge is 0.305 e. The predicted octanol–water partition coefficient (Wildman–Crippen LogP) is 4.75. The Bertz CT molecular complexity index is 1320. The summed E-state index contributed by atoms with van der Waals surface area (Å²) >= 11 is 0. The number of carbonyl (C=O) groups excluding carboxylic acids is 1. The van der Waals surface area contributed by atoms with E-state index in [4.69, 9.17) is 4.74 Å². The van der Waals surface area contributed by atoms with E-state index < -0.39 is 0 Å². The molecule has 0 bridgehead atoms. The predicted molar refractivity (Wildman–Crippen MR) is 115 cm³/mol. The van der Waals surface area contributed by atoms with E-state index in [9.17, 15) is 9.18 Å². The van der Waals surface area contributed by atoms with Crippen LogP contribution in [0.15, 0.2) is 30.5 Å². The van der Waals surface area contributed by atoms with E-state index in [1.807, 2.05) is 30.7 Å². The van der Waals surface area contributed by atoms with Crippen molar-refractivity contribution in [2.75, 3.05) is 7.11 Å². The zero-order chi connectivity index (χ0) is 22.4. The molecule has 0 radical (unpaired) electrons. The van der Waals surface area contributed by atoms with Gasteiger partial charge in [-0.2, -0.15) is 4.57 Å². The molecule has 162 valence electrons. The normalized spacial score (nSPS) is 11.7. The minimum atomic E-state index is -0.354. The van der Waals surface area contributed by atoms with E-state index in [2.05, 4.69) is 5.10 Å². The Kier molecular flexibility index (Phi) is 5.29. The maximum Gasteiger partial charge on any atom is 0.305 e. The molecule has 4 rings (SSSR count). The first kappa shape index (κ1) is 21.0. The number of aryl methyl sites for hydroxylation is 3. The molecule has 0 saturated heterocycles. The number of benzene rings is 2. The molecule has 2 aromatic heterocycles. The van der Waals surface area contributed by atoms with Crippen LogP contribution in [0.4, 0.5) is 8.78 Å². The van der Waals surface area contributed by atoms with E-state index >= 15 is 4.39 Å². The number of H-pyrrole nitrogens is 1. The van der Waals surface area contributed by atoms with Gasteiger partial charge in [-0.25, -0.2) is 8.78 Å². The molecule has 0 spiro atoms. The Morgan fingerprint density at radius 3 is 2.65 bits per heavy atom. The summed E-state index contributed by atoms with van der Waals surface area (Å²) in [7, 11) is 3.15. The Balaban J connectivity index is 2.12. The summed E-state index contributed by atoms with van der Waals surface area (Å²) in [5.41, 5.74) is 4.06. The molecule has 0 aliphatic carbocycles. The standard InChI is InChI=1S/C24H25F2N3O2/c1-13(2)24-17(7-9-20(30)31-5)21-19(11-15-12-28(4)27-23(15)22(21)26)29(24)16-6-8-18(25)14(3)10-16/h6,8,10-13H,7,9H2,1-5H3/p+1. The minimum Gasteiger partial charge on any atom is -0.469 e. The molecule has 7 heteroatoms. The van der Waals surface area contributed by atoms with Crippen LogP contribution in [-0.4, -0.2) is 22.9 Å². The molecule has 4 aromatic rings. The van der Waals surface area contributed by atoms with E-state index in [1.54, 1.807) is 30.8 Å². The summed E-state index contributed by atoms with van der Waals surface area (Å²) in [6.07, 6.45) is 2.32. The third kappa shape index (κ3) is 3.48. The van der Waals surface area contributed by atoms with Crippen molar-refractivity contribution in [2.45, 2.75) is 39.5 Å². The maximum atomic E-state index is 15.8. The number of hydrogen-bond donors (Lipinski definition) is 1. The Morgan fingerprint density at radius 2 is 2.00 bits per heavy atom. The molecule has 0 aliphatic rings. The van der Waals surface area contributed by atoms with Crippen LogP contribution in [0.3, 0.4) is 0 Å². The number of aromatic nitrogens is 3. The first-order chi connectivity index (χ1) is 14.7. The lowest BCUT2D eigenvalue weighted by Crippen LogP contribution is -2.35. The molecule has 0 amide bonds. The second kappa shape index (κ2) is 7.80. The van der Waals surface area contributed by atoms with Gasteiger partial charge in [0.25, 0.3) is 0 Å². The topological polar surface area (TPSA) is 50.9 Å². The second-order valence-electron chi connectivity index (χ2n) is 8.26. The highest BCUT2D eigenvalue weighted by Gasteiger charge is 2.33. The number of methoxy groups -OCH3 is 1. The van der Waals surface area contributed by atoms with Gasteiger partial charge in [0.15, 0.2) is 11.5 Å². The van der Waals surface area contributed by atoms with Gasteiger partial charge in [0.1, 0.15) is 5.82 Å². The fourth-order valence-corrected chi connectivity index (χ4v) is 4.38. The first-order valence-electron chi connectivity index (χ1n) is 10.3.